The molecule has 1 aromatic rings. The molecule has 0 aliphatic carbocycles. The number of carbonyl (C=O) groups excluding carboxylic acids is 1. The fourth-order valence-corrected chi connectivity index (χ4v) is 3.97. The Morgan fingerprint density at radius 1 is 1.33 bits per heavy atom. The Morgan fingerprint density at radius 3 is 2.46 bits per heavy atom. The molecular formula is C19H33N3O2. The first-order valence-electron chi connectivity index (χ1n) is 9.15. The molecule has 1 aliphatic rings. The molecule has 1 aliphatic heterocycles. The minimum atomic E-state index is 0.173. The van der Waals surface area contributed by atoms with E-state index in [4.69, 9.17) is 5.11 Å². The summed E-state index contributed by atoms with van der Waals surface area (Å²) in [7, 11) is 2.12. The molecule has 0 radical (unpaired) electrons. The summed E-state index contributed by atoms with van der Waals surface area (Å²) in [4.78, 5) is 17.2. The highest BCUT2D eigenvalue weighted by Crippen LogP contribution is 2.23. The molecule has 0 unspecified atom stereocenters. The summed E-state index contributed by atoms with van der Waals surface area (Å²) in [6, 6.07) is 2.93. The molecule has 0 atom stereocenters. The standard InChI is InChI=1S/C19H33N3O2/c1-14(2)22-15(3)13-18(16(22)4)19(24)21-10-7-17(8-11-21)20(5)9-6-12-23/h13-14,17,23H,6-12H2,1-5H3. The minimum Gasteiger partial charge on any atom is -0.396 e. The molecule has 0 spiro atoms. The zero-order valence-electron chi connectivity index (χ0n) is 15.9. The molecule has 5 nitrogen and oxygen atoms in total. The van der Waals surface area contributed by atoms with Gasteiger partial charge in [0.05, 0.1) is 5.56 Å². The molecule has 1 N–H and O–H groups in total. The Morgan fingerprint density at radius 2 is 1.96 bits per heavy atom. The van der Waals surface area contributed by atoms with Gasteiger partial charge in [-0.05, 0) is 60.1 Å². The maximum atomic E-state index is 12.9. The Hall–Kier alpha value is -1.33. The van der Waals surface area contributed by atoms with Crippen LogP contribution in [0.3, 0.4) is 0 Å². The maximum absolute atomic E-state index is 12.9. The number of aryl methyl sites for hydroxylation is 1. The van der Waals surface area contributed by atoms with E-state index in [-0.39, 0.29) is 12.5 Å². The molecule has 1 aromatic heterocycles. The van der Waals surface area contributed by atoms with E-state index in [1.54, 1.807) is 0 Å². The summed E-state index contributed by atoms with van der Waals surface area (Å²) in [5, 5.41) is 8.96. The van der Waals surface area contributed by atoms with E-state index in [0.29, 0.717) is 12.1 Å². The fourth-order valence-electron chi connectivity index (χ4n) is 3.97. The number of likely N-dealkylation sites (tertiary alicyclic amines) is 1. The second kappa shape index (κ2) is 8.17. The van der Waals surface area contributed by atoms with Gasteiger partial charge in [-0.3, -0.25) is 4.79 Å². The summed E-state index contributed by atoms with van der Waals surface area (Å²) in [5.74, 6) is 0.173. The first-order chi connectivity index (χ1) is 11.4. The van der Waals surface area contributed by atoms with Gasteiger partial charge in [0.25, 0.3) is 5.91 Å². The van der Waals surface area contributed by atoms with Crippen molar-refractivity contribution in [2.45, 2.75) is 59.0 Å². The van der Waals surface area contributed by atoms with Crippen LogP contribution >= 0.6 is 0 Å². The Kier molecular flexibility index (Phi) is 6.47. The van der Waals surface area contributed by atoms with Gasteiger partial charge < -0.3 is 19.5 Å². The molecule has 2 heterocycles. The lowest BCUT2D eigenvalue weighted by molar-refractivity contribution is 0.0640. The first kappa shape index (κ1) is 19.0. The van der Waals surface area contributed by atoms with Gasteiger partial charge in [0.2, 0.25) is 0 Å². The van der Waals surface area contributed by atoms with E-state index in [9.17, 15) is 4.79 Å². The number of hydrogen-bond acceptors (Lipinski definition) is 3. The normalized spacial score (nSPS) is 16.4. The average molecular weight is 335 g/mol. The lowest BCUT2D eigenvalue weighted by atomic mass is 10.0. The van der Waals surface area contributed by atoms with Gasteiger partial charge in [0.15, 0.2) is 0 Å². The van der Waals surface area contributed by atoms with Crippen molar-refractivity contribution in [2.24, 2.45) is 0 Å². The van der Waals surface area contributed by atoms with E-state index in [2.05, 4.69) is 44.2 Å². The fraction of sp³-hybridized carbons (Fsp3) is 0.737. The van der Waals surface area contributed by atoms with E-state index < -0.39 is 0 Å². The van der Waals surface area contributed by atoms with Crippen molar-refractivity contribution in [3.8, 4) is 0 Å². The quantitative estimate of drug-likeness (QED) is 0.869. The number of hydrogen-bond donors (Lipinski definition) is 1. The second-order valence-corrected chi connectivity index (χ2v) is 7.33. The molecule has 0 aromatic carbocycles. The molecular weight excluding hydrogens is 302 g/mol. The van der Waals surface area contributed by atoms with Crippen molar-refractivity contribution in [2.75, 3.05) is 33.3 Å². The topological polar surface area (TPSA) is 48.7 Å². The number of aliphatic hydroxyl groups is 1. The van der Waals surface area contributed by atoms with Crippen LogP contribution in [0.15, 0.2) is 6.07 Å². The van der Waals surface area contributed by atoms with E-state index in [1.807, 2.05) is 11.0 Å². The monoisotopic (exact) mass is 335 g/mol. The number of aromatic nitrogens is 1. The molecule has 136 valence electrons. The zero-order chi connectivity index (χ0) is 17.9. The number of aliphatic hydroxyl groups excluding tert-OH is 1. The largest absolute Gasteiger partial charge is 0.396 e. The highest BCUT2D eigenvalue weighted by molar-refractivity contribution is 5.95. The number of nitrogens with zero attached hydrogens (tertiary/aromatic N) is 3. The summed E-state index contributed by atoms with van der Waals surface area (Å²) in [6.45, 7) is 11.2. The number of piperidine rings is 1. The third-order valence-electron chi connectivity index (χ3n) is 5.28. The van der Waals surface area contributed by atoms with Gasteiger partial charge in [-0.1, -0.05) is 0 Å². The van der Waals surface area contributed by atoms with Gasteiger partial charge in [0, 0.05) is 49.7 Å². The molecule has 0 saturated carbocycles. The van der Waals surface area contributed by atoms with E-state index >= 15 is 0 Å². The summed E-state index contributed by atoms with van der Waals surface area (Å²) >= 11 is 0. The molecule has 0 bridgehead atoms. The summed E-state index contributed by atoms with van der Waals surface area (Å²) in [5.41, 5.74) is 3.09. The van der Waals surface area contributed by atoms with Crippen LogP contribution < -0.4 is 0 Å². The lowest BCUT2D eigenvalue weighted by Gasteiger charge is -2.36. The highest BCUT2D eigenvalue weighted by Gasteiger charge is 2.27. The maximum Gasteiger partial charge on any atom is 0.255 e. The van der Waals surface area contributed by atoms with Gasteiger partial charge in [0.1, 0.15) is 0 Å². The van der Waals surface area contributed by atoms with Gasteiger partial charge in [-0.15, -0.1) is 0 Å². The number of rotatable bonds is 6. The van der Waals surface area contributed by atoms with Crippen molar-refractivity contribution < 1.29 is 9.90 Å². The highest BCUT2D eigenvalue weighted by atomic mass is 16.3. The van der Waals surface area contributed by atoms with Crippen LogP contribution in [0.1, 0.15) is 60.9 Å². The molecule has 1 amide bonds. The third kappa shape index (κ3) is 4.01. The van der Waals surface area contributed by atoms with Crippen LogP contribution in [0.4, 0.5) is 0 Å². The second-order valence-electron chi connectivity index (χ2n) is 7.33. The SMILES string of the molecule is Cc1cc(C(=O)N2CCC(N(C)CCCO)CC2)c(C)n1C(C)C. The van der Waals surface area contributed by atoms with Crippen LogP contribution in [0.2, 0.25) is 0 Å². The van der Waals surface area contributed by atoms with Gasteiger partial charge in [-0.25, -0.2) is 0 Å². The van der Waals surface area contributed by atoms with Gasteiger partial charge >= 0.3 is 0 Å². The van der Waals surface area contributed by atoms with Crippen LogP contribution in [-0.4, -0.2) is 64.7 Å². The van der Waals surface area contributed by atoms with Crippen molar-refractivity contribution >= 4 is 5.91 Å². The van der Waals surface area contributed by atoms with Crippen molar-refractivity contribution in [1.82, 2.24) is 14.4 Å². The zero-order valence-corrected chi connectivity index (χ0v) is 15.9. The molecule has 1 fully saturated rings. The number of carbonyl (C=O) groups is 1. The first-order valence-corrected chi connectivity index (χ1v) is 9.15. The Labute approximate surface area is 146 Å². The number of amides is 1. The van der Waals surface area contributed by atoms with Crippen LogP contribution in [0.25, 0.3) is 0 Å². The molecule has 24 heavy (non-hydrogen) atoms. The van der Waals surface area contributed by atoms with Gasteiger partial charge in [-0.2, -0.15) is 0 Å². The third-order valence-corrected chi connectivity index (χ3v) is 5.28. The Balaban J connectivity index is 2.00. The minimum absolute atomic E-state index is 0.173. The smallest absolute Gasteiger partial charge is 0.255 e. The van der Waals surface area contributed by atoms with E-state index in [1.165, 1.54) is 0 Å². The lowest BCUT2D eigenvalue weighted by Crippen LogP contribution is -2.46. The van der Waals surface area contributed by atoms with E-state index in [0.717, 1.165) is 55.8 Å². The van der Waals surface area contributed by atoms with Crippen molar-refractivity contribution in [3.63, 3.8) is 0 Å². The molecule has 2 rings (SSSR count). The van der Waals surface area contributed by atoms with Crippen molar-refractivity contribution in [1.29, 1.82) is 0 Å². The molecule has 1 saturated heterocycles. The van der Waals surface area contributed by atoms with Crippen LogP contribution in [-0.2, 0) is 0 Å². The summed E-state index contributed by atoms with van der Waals surface area (Å²) < 4.78 is 2.24. The summed E-state index contributed by atoms with van der Waals surface area (Å²) in [6.07, 6.45) is 2.84. The average Bonchev–Trinajstić information content (AvgIpc) is 2.86. The molecule has 5 heteroatoms. The predicted molar refractivity (Wildman–Crippen MR) is 97.5 cm³/mol. The van der Waals surface area contributed by atoms with Crippen LogP contribution in [0.5, 0.6) is 0 Å². The predicted octanol–water partition coefficient (Wildman–Crippen LogP) is 2.60. The van der Waals surface area contributed by atoms with Crippen LogP contribution in [0, 0.1) is 13.8 Å². The Bertz CT molecular complexity index is 557. The van der Waals surface area contributed by atoms with Crippen molar-refractivity contribution in [3.05, 3.63) is 23.0 Å².